The lowest BCUT2D eigenvalue weighted by atomic mass is 10.1. The highest BCUT2D eigenvalue weighted by atomic mass is 19.1. The molecule has 1 aromatic carbocycles. The number of benzene rings is 1. The van der Waals surface area contributed by atoms with E-state index in [1.807, 2.05) is 12.1 Å². The van der Waals surface area contributed by atoms with Gasteiger partial charge in [-0.1, -0.05) is 5.18 Å². The molecule has 1 fully saturated rings. The van der Waals surface area contributed by atoms with Crippen molar-refractivity contribution in [1.29, 1.82) is 0 Å². The molecule has 1 saturated heterocycles. The number of hydrogen-bond donors (Lipinski definition) is 3. The van der Waals surface area contributed by atoms with Crippen LogP contribution < -0.4 is 16.0 Å². The molecule has 0 spiro atoms. The van der Waals surface area contributed by atoms with E-state index in [1.54, 1.807) is 36.7 Å². The lowest BCUT2D eigenvalue weighted by Crippen LogP contribution is -2.35. The molecule has 9 nitrogen and oxygen atoms in total. The Labute approximate surface area is 189 Å². The summed E-state index contributed by atoms with van der Waals surface area (Å²) >= 11 is 0. The Bertz CT molecular complexity index is 1280. The first-order valence-corrected chi connectivity index (χ1v) is 10.8. The maximum Gasteiger partial charge on any atom is 0.148 e. The minimum absolute atomic E-state index is 0.0376. The summed E-state index contributed by atoms with van der Waals surface area (Å²) in [6, 6.07) is 12.5. The number of pyridine rings is 2. The molecule has 0 aliphatic carbocycles. The summed E-state index contributed by atoms with van der Waals surface area (Å²) in [4.78, 5) is 19.7. The predicted octanol–water partition coefficient (Wildman–Crippen LogP) is 4.13. The third kappa shape index (κ3) is 4.65. The fourth-order valence-corrected chi connectivity index (χ4v) is 3.96. The fraction of sp³-hybridized carbons (Fsp3) is 0.261. The number of fused-ring (bicyclic) bond motifs is 1. The summed E-state index contributed by atoms with van der Waals surface area (Å²) in [5.41, 5.74) is 2.13. The quantitative estimate of drug-likeness (QED) is 0.366. The van der Waals surface area contributed by atoms with Crippen LogP contribution in [0.4, 0.5) is 21.7 Å². The highest BCUT2D eigenvalue weighted by Gasteiger charge is 2.14. The zero-order valence-corrected chi connectivity index (χ0v) is 17.8. The molecular formula is C23H23FN8O. The van der Waals surface area contributed by atoms with E-state index in [4.69, 9.17) is 4.98 Å². The highest BCUT2D eigenvalue weighted by Crippen LogP contribution is 2.25. The molecule has 1 aliphatic heterocycles. The maximum absolute atomic E-state index is 14.8. The van der Waals surface area contributed by atoms with Crippen molar-refractivity contribution in [2.75, 3.05) is 23.7 Å². The number of hydrogen-bond acceptors (Lipinski definition) is 8. The van der Waals surface area contributed by atoms with Crippen molar-refractivity contribution in [3.05, 3.63) is 71.3 Å². The molecule has 33 heavy (non-hydrogen) atoms. The summed E-state index contributed by atoms with van der Waals surface area (Å²) in [6.45, 7) is 1.97. The number of anilines is 3. The molecule has 0 amide bonds. The number of rotatable bonds is 7. The van der Waals surface area contributed by atoms with Crippen LogP contribution in [0.5, 0.6) is 0 Å². The molecule has 0 atom stereocenters. The molecule has 0 bridgehead atoms. The molecule has 3 aromatic heterocycles. The average molecular weight is 446 g/mol. The first-order valence-electron chi connectivity index (χ1n) is 10.8. The maximum atomic E-state index is 14.8. The topological polar surface area (TPSA) is 109 Å². The minimum atomic E-state index is -0.468. The monoisotopic (exact) mass is 446 g/mol. The number of nitrogens with one attached hydrogen (secondary N) is 3. The van der Waals surface area contributed by atoms with Crippen molar-refractivity contribution < 1.29 is 4.39 Å². The van der Waals surface area contributed by atoms with Gasteiger partial charge in [0.1, 0.15) is 24.0 Å². The number of halogens is 1. The number of nitroso groups, excluding NO2 is 1. The van der Waals surface area contributed by atoms with Crippen LogP contribution >= 0.6 is 0 Å². The van der Waals surface area contributed by atoms with E-state index in [2.05, 4.69) is 31.2 Å². The van der Waals surface area contributed by atoms with Gasteiger partial charge in [-0.25, -0.2) is 19.0 Å². The lowest BCUT2D eigenvalue weighted by molar-refractivity contribution is 0.478. The molecule has 3 N–H and O–H groups in total. The number of piperidine rings is 1. The van der Waals surface area contributed by atoms with Gasteiger partial charge in [0.15, 0.2) is 0 Å². The molecule has 1 aliphatic rings. The Kier molecular flexibility index (Phi) is 5.90. The van der Waals surface area contributed by atoms with E-state index in [0.717, 1.165) is 42.7 Å². The molecule has 5 rings (SSSR count). The van der Waals surface area contributed by atoms with Crippen LogP contribution in [-0.2, 0) is 6.54 Å². The second kappa shape index (κ2) is 9.29. The van der Waals surface area contributed by atoms with Gasteiger partial charge in [-0.3, -0.25) is 0 Å². The molecule has 0 radical (unpaired) electrons. The Hall–Kier alpha value is -3.92. The Balaban J connectivity index is 1.35. The van der Waals surface area contributed by atoms with Crippen molar-refractivity contribution in [2.24, 2.45) is 5.18 Å². The van der Waals surface area contributed by atoms with Gasteiger partial charge in [0.2, 0.25) is 0 Å². The van der Waals surface area contributed by atoms with Crippen molar-refractivity contribution in [3.8, 4) is 5.69 Å². The van der Waals surface area contributed by atoms with Gasteiger partial charge in [-0.15, -0.1) is 0 Å². The number of aromatic nitrogens is 4. The second-order valence-corrected chi connectivity index (χ2v) is 7.94. The van der Waals surface area contributed by atoms with Crippen molar-refractivity contribution in [2.45, 2.75) is 25.4 Å². The fourth-order valence-electron chi connectivity index (χ4n) is 3.96. The molecular weight excluding hydrogens is 423 g/mol. The normalized spacial score (nSPS) is 14.3. The molecule has 4 heterocycles. The van der Waals surface area contributed by atoms with Crippen LogP contribution in [0.1, 0.15) is 18.5 Å². The van der Waals surface area contributed by atoms with E-state index in [0.29, 0.717) is 23.2 Å². The van der Waals surface area contributed by atoms with Crippen LogP contribution in [0.2, 0.25) is 0 Å². The van der Waals surface area contributed by atoms with E-state index in [1.165, 1.54) is 10.7 Å². The van der Waals surface area contributed by atoms with Gasteiger partial charge >= 0.3 is 0 Å². The third-order valence-electron chi connectivity index (χ3n) is 5.67. The number of nitrogens with zero attached hydrogens (tertiary/aromatic N) is 5. The van der Waals surface area contributed by atoms with E-state index < -0.39 is 5.82 Å². The first kappa shape index (κ1) is 21.0. The van der Waals surface area contributed by atoms with E-state index in [9.17, 15) is 9.30 Å². The van der Waals surface area contributed by atoms with Gasteiger partial charge in [0, 0.05) is 36.0 Å². The average Bonchev–Trinajstić information content (AvgIpc) is 3.29. The van der Waals surface area contributed by atoms with Crippen LogP contribution in [0.25, 0.3) is 16.6 Å². The zero-order valence-electron chi connectivity index (χ0n) is 17.8. The summed E-state index contributed by atoms with van der Waals surface area (Å²) in [5.74, 6) is 0.844. The lowest BCUT2D eigenvalue weighted by Gasteiger charge is -2.24. The zero-order chi connectivity index (χ0) is 22.6. The van der Waals surface area contributed by atoms with E-state index >= 15 is 0 Å². The van der Waals surface area contributed by atoms with Gasteiger partial charge in [0.25, 0.3) is 0 Å². The molecule has 0 saturated carbocycles. The Morgan fingerprint density at radius 3 is 2.82 bits per heavy atom. The second-order valence-electron chi connectivity index (χ2n) is 7.94. The summed E-state index contributed by atoms with van der Waals surface area (Å²) in [5, 5.41) is 17.8. The molecule has 4 aromatic rings. The van der Waals surface area contributed by atoms with Crippen molar-refractivity contribution in [1.82, 2.24) is 25.1 Å². The smallest absolute Gasteiger partial charge is 0.148 e. The van der Waals surface area contributed by atoms with Gasteiger partial charge in [0.05, 0.1) is 22.6 Å². The van der Waals surface area contributed by atoms with Gasteiger partial charge in [-0.05, 0) is 56.3 Å². The van der Waals surface area contributed by atoms with Gasteiger partial charge in [-0.2, -0.15) is 10.0 Å². The summed E-state index contributed by atoms with van der Waals surface area (Å²) in [7, 11) is 0. The van der Waals surface area contributed by atoms with Crippen LogP contribution in [0, 0.1) is 10.7 Å². The largest absolute Gasteiger partial charge is 0.367 e. The van der Waals surface area contributed by atoms with Gasteiger partial charge < -0.3 is 16.0 Å². The molecule has 10 heteroatoms. The first-order chi connectivity index (χ1) is 16.2. The van der Waals surface area contributed by atoms with Crippen molar-refractivity contribution >= 4 is 28.2 Å². The van der Waals surface area contributed by atoms with Crippen LogP contribution in [0.3, 0.4) is 0 Å². The van der Waals surface area contributed by atoms with Crippen LogP contribution in [0.15, 0.2) is 60.0 Å². The highest BCUT2D eigenvalue weighted by molar-refractivity contribution is 5.82. The third-order valence-corrected chi connectivity index (χ3v) is 5.67. The van der Waals surface area contributed by atoms with Crippen LogP contribution in [-0.4, -0.2) is 38.9 Å². The summed E-state index contributed by atoms with van der Waals surface area (Å²) in [6.07, 6.45) is 5.38. The Morgan fingerprint density at radius 1 is 1.12 bits per heavy atom. The Morgan fingerprint density at radius 2 is 2.00 bits per heavy atom. The summed E-state index contributed by atoms with van der Waals surface area (Å²) < 4.78 is 16.3. The molecule has 168 valence electrons. The van der Waals surface area contributed by atoms with Crippen molar-refractivity contribution in [3.63, 3.8) is 0 Å². The minimum Gasteiger partial charge on any atom is -0.367 e. The molecule has 0 unspecified atom stereocenters. The van der Waals surface area contributed by atoms with E-state index in [-0.39, 0.29) is 12.2 Å². The standard InChI is InChI=1S/C23H23FN8O/c24-19-11-17(32-18(14-28-33)7-10-27-32)2-3-20(19)30-23-12-21-15(13-26-23)1-4-22(31-21)29-16-5-8-25-9-6-16/h1-4,7,10-13,16,25H,5-6,8-9,14H2,(H,26,30)(H,29,31). The SMILES string of the molecule is O=NCc1ccnn1-c1ccc(Nc2cc3nc(NC4CCNCC4)ccc3cn2)c(F)c1. The predicted molar refractivity (Wildman–Crippen MR) is 125 cm³/mol.